The Morgan fingerprint density at radius 2 is 1.02 bits per heavy atom. The van der Waals surface area contributed by atoms with Crippen molar-refractivity contribution in [1.82, 2.24) is 0 Å². The van der Waals surface area contributed by atoms with Gasteiger partial charge in [-0.2, -0.15) is 0 Å². The monoisotopic (exact) mass is 811 g/mol. The molecule has 0 radical (unpaired) electrons. The molecule has 0 nitrogen and oxygen atoms in total. The van der Waals surface area contributed by atoms with Crippen LogP contribution in [0.2, 0.25) is 12.1 Å². The molecule has 0 amide bonds. The minimum atomic E-state index is -4.93. The van der Waals surface area contributed by atoms with Gasteiger partial charge in [-0.1, -0.05) is 0 Å². The predicted octanol–water partition coefficient (Wildman–Crippen LogP) is 15.2. The summed E-state index contributed by atoms with van der Waals surface area (Å²) >= 11 is -4.93. The Morgan fingerprint density at radius 3 is 1.43 bits per heavy atom. The summed E-state index contributed by atoms with van der Waals surface area (Å²) in [6.07, 6.45) is 8.23. The van der Waals surface area contributed by atoms with E-state index in [0.29, 0.717) is 0 Å². The van der Waals surface area contributed by atoms with Crippen molar-refractivity contribution in [3.8, 4) is 22.3 Å². The third-order valence-electron chi connectivity index (χ3n) is 12.1. The Labute approximate surface area is 318 Å². The van der Waals surface area contributed by atoms with Gasteiger partial charge in [0, 0.05) is 0 Å². The Hall–Kier alpha value is -1.96. The summed E-state index contributed by atoms with van der Waals surface area (Å²) in [6, 6.07) is 34.8. The summed E-state index contributed by atoms with van der Waals surface area (Å²) < 4.78 is 0.223. The first-order valence-corrected chi connectivity index (χ1v) is 35.1. The number of benzene rings is 4. The van der Waals surface area contributed by atoms with Gasteiger partial charge in [0.05, 0.1) is 0 Å². The first-order valence-electron chi connectivity index (χ1n) is 19.5. The van der Waals surface area contributed by atoms with E-state index in [1.807, 2.05) is 0 Å². The molecular formula is C47H59Cl2SiZr. The third-order valence-corrected chi connectivity index (χ3v) is 61.0. The Balaban J connectivity index is 1.55. The molecule has 4 heteroatoms. The quantitative estimate of drug-likeness (QED) is 0.140. The Morgan fingerprint density at radius 1 is 0.588 bits per heavy atom. The fourth-order valence-corrected chi connectivity index (χ4v) is 61.6. The molecule has 0 aliphatic heterocycles. The SMILES string of the molecule is CCC[SiH](CCC)[Zr]([Cl])([Cl])([CH]1C(C)=Cc2c(-c3ccc(C(C)(C)C)cc3)cccc21)[CH]1C(CC)=Cc2c(-c3ccc(C(C)(C)C)cc3)cccc21. The molecule has 0 N–H and O–H groups in total. The minimum absolute atomic E-state index is 0.106. The fraction of sp³-hybridized carbons (Fsp3) is 0.404. The van der Waals surface area contributed by atoms with Crippen molar-refractivity contribution in [2.24, 2.45) is 0 Å². The Bertz CT molecular complexity index is 1960. The zero-order chi connectivity index (χ0) is 37.0. The molecule has 0 saturated carbocycles. The van der Waals surface area contributed by atoms with Crippen molar-refractivity contribution >= 4 is 35.1 Å². The topological polar surface area (TPSA) is 0 Å². The molecule has 2 aliphatic carbocycles. The van der Waals surface area contributed by atoms with E-state index in [2.05, 4.69) is 166 Å². The summed E-state index contributed by atoms with van der Waals surface area (Å²) in [4.78, 5) is 0. The molecule has 51 heavy (non-hydrogen) atoms. The van der Waals surface area contributed by atoms with E-state index in [9.17, 15) is 0 Å². The van der Waals surface area contributed by atoms with Crippen LogP contribution < -0.4 is 0 Å². The zero-order valence-electron chi connectivity index (χ0n) is 32.8. The summed E-state index contributed by atoms with van der Waals surface area (Å²) in [5, 5.41) is 0. The summed E-state index contributed by atoms with van der Waals surface area (Å²) in [7, 11) is 17.9. The first-order chi connectivity index (χ1) is 24.0. The molecule has 0 bridgehead atoms. The molecule has 269 valence electrons. The van der Waals surface area contributed by atoms with Crippen LogP contribution in [0.5, 0.6) is 0 Å². The van der Waals surface area contributed by atoms with E-state index in [-0.39, 0.29) is 18.1 Å². The first kappa shape index (κ1) is 38.8. The number of hydrogen-bond donors (Lipinski definition) is 0. The molecule has 0 saturated heterocycles. The van der Waals surface area contributed by atoms with Crippen LogP contribution in [-0.2, 0) is 26.4 Å². The number of fused-ring (bicyclic) bond motifs is 2. The predicted molar refractivity (Wildman–Crippen MR) is 228 cm³/mol. The van der Waals surface area contributed by atoms with E-state index in [0.717, 1.165) is 19.3 Å². The van der Waals surface area contributed by atoms with Crippen LogP contribution in [0.15, 0.2) is 96.1 Å². The summed E-state index contributed by atoms with van der Waals surface area (Å²) in [6.45, 7) is 23.1. The molecular weight excluding hydrogens is 755 g/mol. The number of allylic oxidation sites excluding steroid dienone is 2. The van der Waals surface area contributed by atoms with Gasteiger partial charge in [0.25, 0.3) is 0 Å². The standard InChI is InChI=1S/C21H23.C20H21.C6H15Si.2ClH.Zr/c1-5-15-13-17-7-6-8-19(20(17)14-15)16-9-11-18(12-10-16)21(2,3)4;1-14-12-16-6-5-7-18(19(16)13-14)15-8-10-17(11-9-15)20(2,3)4;1-3-5-7-6-4-2;;;/h6-14H,5H2,1-4H3;5-13H,1-4H3;7H,3-6H2,1-2H3;2*1H;/q;;;;;+2/p-2. The summed E-state index contributed by atoms with van der Waals surface area (Å²) in [5.74, 6) is -1.67. The van der Waals surface area contributed by atoms with Crippen molar-refractivity contribution in [2.45, 2.75) is 119 Å². The van der Waals surface area contributed by atoms with Gasteiger partial charge in [-0.15, -0.1) is 0 Å². The van der Waals surface area contributed by atoms with Crippen LogP contribution in [0.4, 0.5) is 0 Å². The zero-order valence-corrected chi connectivity index (χ0v) is 37.9. The van der Waals surface area contributed by atoms with E-state index in [1.165, 1.54) is 78.9 Å². The van der Waals surface area contributed by atoms with Crippen LogP contribution in [0.1, 0.15) is 129 Å². The van der Waals surface area contributed by atoms with Crippen LogP contribution >= 0.6 is 17.0 Å². The molecule has 4 aromatic carbocycles. The van der Waals surface area contributed by atoms with Crippen molar-refractivity contribution in [3.63, 3.8) is 0 Å². The molecule has 6 rings (SSSR count). The molecule has 0 aromatic heterocycles. The van der Waals surface area contributed by atoms with Gasteiger partial charge in [-0.25, -0.2) is 0 Å². The second-order valence-corrected chi connectivity index (χ2v) is 57.9. The van der Waals surface area contributed by atoms with Gasteiger partial charge in [-0.3, -0.25) is 0 Å². The van der Waals surface area contributed by atoms with E-state index < -0.39 is 21.5 Å². The fourth-order valence-electron chi connectivity index (χ4n) is 9.54. The molecule has 0 spiro atoms. The van der Waals surface area contributed by atoms with Crippen LogP contribution in [-0.4, -0.2) is 5.92 Å². The van der Waals surface area contributed by atoms with Gasteiger partial charge in [-0.05, 0) is 0 Å². The maximum atomic E-state index is 8.95. The van der Waals surface area contributed by atoms with Crippen molar-refractivity contribution in [3.05, 3.63) is 129 Å². The Kier molecular flexibility index (Phi) is 10.9. The number of hydrogen-bond acceptors (Lipinski definition) is 0. The molecule has 2 atom stereocenters. The summed E-state index contributed by atoms with van der Waals surface area (Å²) in [5.41, 5.74) is 16.4. The second kappa shape index (κ2) is 14.4. The van der Waals surface area contributed by atoms with Gasteiger partial charge in [0.1, 0.15) is 0 Å². The average Bonchev–Trinajstić information content (AvgIpc) is 3.66. The molecule has 2 aliphatic rings. The number of halogens is 2. The van der Waals surface area contributed by atoms with Crippen LogP contribution in [0.25, 0.3) is 34.4 Å². The third kappa shape index (κ3) is 6.84. The van der Waals surface area contributed by atoms with Gasteiger partial charge in [0.2, 0.25) is 0 Å². The van der Waals surface area contributed by atoms with Crippen LogP contribution in [0.3, 0.4) is 0 Å². The van der Waals surface area contributed by atoms with E-state index in [1.54, 1.807) is 0 Å². The van der Waals surface area contributed by atoms with Crippen molar-refractivity contribution in [1.29, 1.82) is 0 Å². The van der Waals surface area contributed by atoms with Gasteiger partial charge in [0.15, 0.2) is 0 Å². The van der Waals surface area contributed by atoms with Gasteiger partial charge < -0.3 is 0 Å². The molecule has 0 fully saturated rings. The molecule has 0 heterocycles. The van der Waals surface area contributed by atoms with Crippen molar-refractivity contribution in [2.75, 3.05) is 0 Å². The van der Waals surface area contributed by atoms with E-state index >= 15 is 0 Å². The second-order valence-electron chi connectivity index (χ2n) is 17.6. The van der Waals surface area contributed by atoms with Gasteiger partial charge >= 0.3 is 321 Å². The van der Waals surface area contributed by atoms with Crippen molar-refractivity contribution < 1.29 is 15.6 Å². The van der Waals surface area contributed by atoms with Crippen LogP contribution in [0, 0.1) is 0 Å². The normalized spacial score (nSPS) is 18.3. The molecule has 4 aromatic rings. The maximum absolute atomic E-state index is 8.95. The number of rotatable bonds is 10. The average molecular weight is 814 g/mol. The van der Waals surface area contributed by atoms with E-state index in [4.69, 9.17) is 17.0 Å². The molecule has 2 unspecified atom stereocenters.